The van der Waals surface area contributed by atoms with Crippen molar-refractivity contribution in [1.82, 2.24) is 5.32 Å². The molecule has 1 atom stereocenters. The van der Waals surface area contributed by atoms with Crippen molar-refractivity contribution in [2.45, 2.75) is 45.6 Å². The molecule has 0 aliphatic heterocycles. The van der Waals surface area contributed by atoms with Gasteiger partial charge in [0.05, 0.1) is 0 Å². The van der Waals surface area contributed by atoms with Crippen molar-refractivity contribution < 1.29 is 9.53 Å². The molecule has 0 radical (unpaired) electrons. The standard InChI is InChI=1S/C21H26BrNO2/c1-15(2)18-8-6-17(7-9-18)5-4-14-23-21(24)16(3)25-20-12-10-19(22)11-13-20/h6-13,15-16H,4-5,14H2,1-3H3,(H,23,24)/t16-/m0/s1. The van der Waals surface area contributed by atoms with E-state index in [1.54, 1.807) is 6.92 Å². The highest BCUT2D eigenvalue weighted by Crippen LogP contribution is 2.17. The molecular weight excluding hydrogens is 378 g/mol. The average Bonchev–Trinajstić information content (AvgIpc) is 2.60. The Morgan fingerprint density at radius 3 is 2.28 bits per heavy atom. The summed E-state index contributed by atoms with van der Waals surface area (Å²) in [4.78, 5) is 12.1. The molecule has 0 unspecified atom stereocenters. The van der Waals surface area contributed by atoms with Gasteiger partial charge < -0.3 is 10.1 Å². The second-order valence-electron chi connectivity index (χ2n) is 6.50. The lowest BCUT2D eigenvalue weighted by Gasteiger charge is -2.15. The smallest absolute Gasteiger partial charge is 0.260 e. The molecule has 0 heterocycles. The van der Waals surface area contributed by atoms with E-state index >= 15 is 0 Å². The van der Waals surface area contributed by atoms with Crippen LogP contribution in [0.1, 0.15) is 44.2 Å². The lowest BCUT2D eigenvalue weighted by molar-refractivity contribution is -0.127. The van der Waals surface area contributed by atoms with E-state index in [4.69, 9.17) is 4.74 Å². The Morgan fingerprint density at radius 1 is 1.04 bits per heavy atom. The number of ether oxygens (including phenoxy) is 1. The molecule has 1 amide bonds. The lowest BCUT2D eigenvalue weighted by atomic mass is 10.0. The van der Waals surface area contributed by atoms with E-state index in [2.05, 4.69) is 59.4 Å². The fraction of sp³-hybridized carbons (Fsp3) is 0.381. The molecule has 2 aromatic rings. The van der Waals surface area contributed by atoms with Gasteiger partial charge >= 0.3 is 0 Å². The highest BCUT2D eigenvalue weighted by Gasteiger charge is 2.13. The first-order chi connectivity index (χ1) is 12.0. The fourth-order valence-corrected chi connectivity index (χ4v) is 2.75. The zero-order valence-electron chi connectivity index (χ0n) is 15.1. The summed E-state index contributed by atoms with van der Waals surface area (Å²) >= 11 is 3.38. The molecule has 3 nitrogen and oxygen atoms in total. The number of rotatable bonds is 8. The summed E-state index contributed by atoms with van der Waals surface area (Å²) in [6.07, 6.45) is 1.37. The molecule has 2 aromatic carbocycles. The molecule has 0 saturated heterocycles. The summed E-state index contributed by atoms with van der Waals surface area (Å²) in [6, 6.07) is 16.2. The maximum absolute atomic E-state index is 12.1. The van der Waals surface area contributed by atoms with Crippen LogP contribution in [0, 0.1) is 0 Å². The quantitative estimate of drug-likeness (QED) is 0.623. The lowest BCUT2D eigenvalue weighted by Crippen LogP contribution is -2.36. The Morgan fingerprint density at radius 2 is 1.68 bits per heavy atom. The second-order valence-corrected chi connectivity index (χ2v) is 7.42. The minimum atomic E-state index is -0.508. The van der Waals surface area contributed by atoms with Crippen LogP contribution in [-0.4, -0.2) is 18.6 Å². The summed E-state index contributed by atoms with van der Waals surface area (Å²) in [5.74, 6) is 1.16. The number of hydrogen-bond acceptors (Lipinski definition) is 2. The molecular formula is C21H26BrNO2. The van der Waals surface area contributed by atoms with Crippen molar-refractivity contribution in [2.24, 2.45) is 0 Å². The van der Waals surface area contributed by atoms with Gasteiger partial charge in [0.15, 0.2) is 6.10 Å². The van der Waals surface area contributed by atoms with Crippen LogP contribution in [0.5, 0.6) is 5.75 Å². The van der Waals surface area contributed by atoms with Crippen LogP contribution in [0.2, 0.25) is 0 Å². The third-order valence-corrected chi connectivity index (χ3v) is 4.61. The third kappa shape index (κ3) is 6.54. The summed E-state index contributed by atoms with van der Waals surface area (Å²) < 4.78 is 6.63. The Bertz CT molecular complexity index is 665. The largest absolute Gasteiger partial charge is 0.481 e. The van der Waals surface area contributed by atoms with Crippen molar-refractivity contribution in [3.05, 3.63) is 64.1 Å². The summed E-state index contributed by atoms with van der Waals surface area (Å²) in [6.45, 7) is 6.81. The van der Waals surface area contributed by atoms with Gasteiger partial charge in [0.2, 0.25) is 0 Å². The Hall–Kier alpha value is -1.81. The molecule has 0 spiro atoms. The fourth-order valence-electron chi connectivity index (χ4n) is 2.49. The maximum atomic E-state index is 12.1. The number of carbonyl (C=O) groups excluding carboxylic acids is 1. The summed E-state index contributed by atoms with van der Waals surface area (Å²) in [7, 11) is 0. The Labute approximate surface area is 158 Å². The van der Waals surface area contributed by atoms with E-state index in [0.29, 0.717) is 18.2 Å². The van der Waals surface area contributed by atoms with E-state index in [0.717, 1.165) is 17.3 Å². The van der Waals surface area contributed by atoms with Crippen molar-refractivity contribution in [1.29, 1.82) is 0 Å². The van der Waals surface area contributed by atoms with Crippen molar-refractivity contribution in [3.8, 4) is 5.75 Å². The van der Waals surface area contributed by atoms with Gasteiger partial charge in [-0.1, -0.05) is 54.0 Å². The number of carbonyl (C=O) groups is 1. The Kier molecular flexibility index (Phi) is 7.51. The van der Waals surface area contributed by atoms with E-state index in [9.17, 15) is 4.79 Å². The first-order valence-corrected chi connectivity index (χ1v) is 9.54. The van der Waals surface area contributed by atoms with Crippen molar-refractivity contribution in [2.75, 3.05) is 6.54 Å². The Balaban J connectivity index is 1.69. The van der Waals surface area contributed by atoms with Crippen LogP contribution in [0.3, 0.4) is 0 Å². The van der Waals surface area contributed by atoms with Crippen molar-refractivity contribution in [3.63, 3.8) is 0 Å². The van der Waals surface area contributed by atoms with Crippen LogP contribution < -0.4 is 10.1 Å². The highest BCUT2D eigenvalue weighted by molar-refractivity contribution is 9.10. The molecule has 1 N–H and O–H groups in total. The number of hydrogen-bond donors (Lipinski definition) is 1. The molecule has 134 valence electrons. The predicted octanol–water partition coefficient (Wildman–Crippen LogP) is 5.09. The highest BCUT2D eigenvalue weighted by atomic mass is 79.9. The van der Waals surface area contributed by atoms with Gasteiger partial charge in [-0.05, 0) is 61.1 Å². The van der Waals surface area contributed by atoms with E-state index in [1.165, 1.54) is 11.1 Å². The van der Waals surface area contributed by atoms with Gasteiger partial charge in [0, 0.05) is 11.0 Å². The monoisotopic (exact) mass is 403 g/mol. The zero-order chi connectivity index (χ0) is 18.2. The van der Waals surface area contributed by atoms with Crippen LogP contribution in [0.15, 0.2) is 53.0 Å². The minimum Gasteiger partial charge on any atom is -0.481 e. The van der Waals surface area contributed by atoms with Gasteiger partial charge in [-0.25, -0.2) is 0 Å². The van der Waals surface area contributed by atoms with Gasteiger partial charge in [-0.15, -0.1) is 0 Å². The zero-order valence-corrected chi connectivity index (χ0v) is 16.7. The molecule has 0 bridgehead atoms. The molecule has 0 aliphatic rings. The SMILES string of the molecule is CC(C)c1ccc(CCCNC(=O)[C@H](C)Oc2ccc(Br)cc2)cc1. The average molecular weight is 404 g/mol. The summed E-state index contributed by atoms with van der Waals surface area (Å²) in [5, 5.41) is 2.94. The topological polar surface area (TPSA) is 38.3 Å². The van der Waals surface area contributed by atoms with Gasteiger partial charge in [-0.2, -0.15) is 0 Å². The molecule has 0 aliphatic carbocycles. The van der Waals surface area contributed by atoms with Crippen LogP contribution in [0.25, 0.3) is 0 Å². The first-order valence-electron chi connectivity index (χ1n) is 8.74. The van der Waals surface area contributed by atoms with Crippen LogP contribution >= 0.6 is 15.9 Å². The van der Waals surface area contributed by atoms with Crippen LogP contribution in [0.4, 0.5) is 0 Å². The number of benzene rings is 2. The predicted molar refractivity (Wildman–Crippen MR) is 106 cm³/mol. The summed E-state index contributed by atoms with van der Waals surface area (Å²) in [5.41, 5.74) is 2.66. The van der Waals surface area contributed by atoms with Crippen LogP contribution in [-0.2, 0) is 11.2 Å². The third-order valence-electron chi connectivity index (χ3n) is 4.08. The van der Waals surface area contributed by atoms with E-state index in [-0.39, 0.29) is 5.91 Å². The van der Waals surface area contributed by atoms with Gasteiger partial charge in [0.1, 0.15) is 5.75 Å². The molecule has 2 rings (SSSR count). The molecule has 25 heavy (non-hydrogen) atoms. The number of aryl methyl sites for hydroxylation is 1. The molecule has 4 heteroatoms. The molecule has 0 saturated carbocycles. The normalized spacial score (nSPS) is 12.0. The van der Waals surface area contributed by atoms with E-state index < -0.39 is 6.10 Å². The van der Waals surface area contributed by atoms with E-state index in [1.807, 2.05) is 24.3 Å². The maximum Gasteiger partial charge on any atom is 0.260 e. The number of nitrogens with one attached hydrogen (secondary N) is 1. The van der Waals surface area contributed by atoms with Gasteiger partial charge in [0.25, 0.3) is 5.91 Å². The molecule has 0 aromatic heterocycles. The minimum absolute atomic E-state index is 0.0851. The number of halogens is 1. The second kappa shape index (κ2) is 9.62. The molecule has 0 fully saturated rings. The van der Waals surface area contributed by atoms with Crippen molar-refractivity contribution >= 4 is 21.8 Å². The van der Waals surface area contributed by atoms with Gasteiger partial charge in [-0.3, -0.25) is 4.79 Å². The first kappa shape index (κ1) is 19.5. The number of amides is 1.